The third-order valence-corrected chi connectivity index (χ3v) is 8.11. The van der Waals surface area contributed by atoms with E-state index >= 15 is 0 Å². The standard InChI is InChI=1S/C33H26N4O4S/c1-3-41-32(39)28-29(21-10-5-4-6-11-21)35-33-37(30(28)22-12-9-13-24(18-22)40-2)31(38)27(42-33)19-23-20-36(17-16-34)26-15-8-7-14-25(23)26/h4-15,18-20,30H,3,17H2,1-2H3. The first-order chi connectivity index (χ1) is 20.5. The number of benzene rings is 3. The summed E-state index contributed by atoms with van der Waals surface area (Å²) < 4.78 is 14.9. The van der Waals surface area contributed by atoms with E-state index in [9.17, 15) is 14.9 Å². The fraction of sp³-hybridized carbons (Fsp3) is 0.152. The molecule has 0 spiro atoms. The predicted octanol–water partition coefficient (Wildman–Crippen LogP) is 4.42. The third-order valence-electron chi connectivity index (χ3n) is 7.13. The van der Waals surface area contributed by atoms with E-state index in [-0.39, 0.29) is 24.3 Å². The fourth-order valence-corrected chi connectivity index (χ4v) is 6.30. The van der Waals surface area contributed by atoms with Crippen LogP contribution >= 0.6 is 11.3 Å². The summed E-state index contributed by atoms with van der Waals surface area (Å²) in [6.07, 6.45) is 3.71. The van der Waals surface area contributed by atoms with Crippen LogP contribution in [0.5, 0.6) is 5.75 Å². The van der Waals surface area contributed by atoms with Gasteiger partial charge in [0, 0.05) is 28.2 Å². The second-order valence-corrected chi connectivity index (χ2v) is 10.6. The molecule has 2 aromatic heterocycles. The highest BCUT2D eigenvalue weighted by atomic mass is 32.1. The summed E-state index contributed by atoms with van der Waals surface area (Å²) in [6.45, 7) is 2.11. The highest BCUT2D eigenvalue weighted by molar-refractivity contribution is 7.07. The predicted molar refractivity (Wildman–Crippen MR) is 162 cm³/mol. The van der Waals surface area contributed by atoms with E-state index in [1.165, 1.54) is 11.3 Å². The van der Waals surface area contributed by atoms with Gasteiger partial charge in [-0.1, -0.05) is 72.0 Å². The summed E-state index contributed by atoms with van der Waals surface area (Å²) in [5.41, 5.74) is 3.61. The fourth-order valence-electron chi connectivity index (χ4n) is 5.31. The molecule has 0 aliphatic carbocycles. The SMILES string of the molecule is CCOC(=O)C1=C(c2ccccc2)N=c2sc(=Cc3cn(CC#N)c4ccccc34)c(=O)n2C1c1cccc(OC)c1. The number of carbonyl (C=O) groups excluding carboxylic acids is 1. The highest BCUT2D eigenvalue weighted by Crippen LogP contribution is 2.36. The molecule has 42 heavy (non-hydrogen) atoms. The Morgan fingerprint density at radius 2 is 1.88 bits per heavy atom. The Morgan fingerprint density at radius 3 is 2.64 bits per heavy atom. The number of fused-ring (bicyclic) bond motifs is 2. The first kappa shape index (κ1) is 27.0. The van der Waals surface area contributed by atoms with Gasteiger partial charge in [0.05, 0.1) is 41.6 Å². The minimum atomic E-state index is -0.798. The zero-order chi connectivity index (χ0) is 29.2. The number of methoxy groups -OCH3 is 1. The summed E-state index contributed by atoms with van der Waals surface area (Å²) in [7, 11) is 1.57. The smallest absolute Gasteiger partial charge is 0.338 e. The van der Waals surface area contributed by atoms with Crippen molar-refractivity contribution in [1.82, 2.24) is 9.13 Å². The van der Waals surface area contributed by atoms with E-state index < -0.39 is 12.0 Å². The van der Waals surface area contributed by atoms with Crippen molar-refractivity contribution in [1.29, 1.82) is 5.26 Å². The van der Waals surface area contributed by atoms with E-state index in [0.717, 1.165) is 22.0 Å². The minimum absolute atomic E-state index is 0.173. The van der Waals surface area contributed by atoms with Crippen molar-refractivity contribution in [3.8, 4) is 11.8 Å². The molecule has 0 saturated carbocycles. The van der Waals surface area contributed by atoms with Crippen molar-refractivity contribution in [3.63, 3.8) is 0 Å². The van der Waals surface area contributed by atoms with Crippen molar-refractivity contribution >= 4 is 40.0 Å². The number of aromatic nitrogens is 2. The van der Waals surface area contributed by atoms with Crippen LogP contribution in [0.25, 0.3) is 22.7 Å². The van der Waals surface area contributed by atoms with E-state index in [1.54, 1.807) is 18.6 Å². The van der Waals surface area contributed by atoms with Gasteiger partial charge in [-0.05, 0) is 36.8 Å². The van der Waals surface area contributed by atoms with Gasteiger partial charge in [-0.3, -0.25) is 9.36 Å². The zero-order valence-corrected chi connectivity index (χ0v) is 23.8. The normalized spacial score (nSPS) is 14.8. The molecule has 0 saturated heterocycles. The number of ether oxygens (including phenoxy) is 2. The Kier molecular flexibility index (Phi) is 7.30. The molecule has 1 atom stereocenters. The molecule has 0 radical (unpaired) electrons. The van der Waals surface area contributed by atoms with Crippen molar-refractivity contribution in [2.45, 2.75) is 19.5 Å². The van der Waals surface area contributed by atoms with Gasteiger partial charge in [-0.15, -0.1) is 0 Å². The lowest BCUT2D eigenvalue weighted by Gasteiger charge is -2.26. The maximum atomic E-state index is 14.2. The number of hydrogen-bond donors (Lipinski definition) is 0. The molecule has 5 aromatic rings. The van der Waals surface area contributed by atoms with Gasteiger partial charge in [0.15, 0.2) is 4.80 Å². The maximum Gasteiger partial charge on any atom is 0.338 e. The molecular weight excluding hydrogens is 548 g/mol. The van der Waals surface area contributed by atoms with Crippen molar-refractivity contribution in [2.75, 3.05) is 13.7 Å². The lowest BCUT2D eigenvalue weighted by molar-refractivity contribution is -0.138. The van der Waals surface area contributed by atoms with Gasteiger partial charge >= 0.3 is 5.97 Å². The van der Waals surface area contributed by atoms with Gasteiger partial charge in [-0.25, -0.2) is 9.79 Å². The second kappa shape index (κ2) is 11.4. The number of thiazole rings is 1. The molecule has 208 valence electrons. The van der Waals surface area contributed by atoms with Gasteiger partial charge < -0.3 is 14.0 Å². The molecule has 0 N–H and O–H groups in total. The Labute approximate surface area is 245 Å². The number of rotatable bonds is 7. The average Bonchev–Trinajstić information content (AvgIpc) is 3.53. The van der Waals surface area contributed by atoms with E-state index in [0.29, 0.717) is 26.3 Å². The first-order valence-electron chi connectivity index (χ1n) is 13.4. The van der Waals surface area contributed by atoms with Crippen LogP contribution in [0, 0.1) is 11.3 Å². The minimum Gasteiger partial charge on any atom is -0.497 e. The Hall–Kier alpha value is -5.20. The van der Waals surface area contributed by atoms with Gasteiger partial charge in [0.25, 0.3) is 5.56 Å². The van der Waals surface area contributed by atoms with Gasteiger partial charge in [0.2, 0.25) is 0 Å². The summed E-state index contributed by atoms with van der Waals surface area (Å²) in [5, 5.41) is 10.3. The molecule has 1 aliphatic rings. The van der Waals surface area contributed by atoms with E-state index in [2.05, 4.69) is 6.07 Å². The Balaban J connectivity index is 1.65. The zero-order valence-electron chi connectivity index (χ0n) is 23.0. The number of para-hydroxylation sites is 1. The van der Waals surface area contributed by atoms with Crippen LogP contribution in [0.4, 0.5) is 0 Å². The topological polar surface area (TPSA) is 98.6 Å². The van der Waals surface area contributed by atoms with Crippen molar-refractivity contribution in [3.05, 3.63) is 127 Å². The summed E-state index contributed by atoms with van der Waals surface area (Å²) >= 11 is 1.26. The van der Waals surface area contributed by atoms with Crippen LogP contribution in [0.15, 0.2) is 100 Å². The molecule has 0 amide bonds. The van der Waals surface area contributed by atoms with Crippen molar-refractivity contribution < 1.29 is 14.3 Å². The van der Waals surface area contributed by atoms with Crippen molar-refractivity contribution in [2.24, 2.45) is 4.99 Å². The Bertz CT molecular complexity index is 2080. The molecule has 8 nitrogen and oxygen atoms in total. The quantitative estimate of drug-likeness (QED) is 0.268. The summed E-state index contributed by atoms with van der Waals surface area (Å²) in [6, 6.07) is 25.9. The lowest BCUT2D eigenvalue weighted by atomic mass is 9.93. The van der Waals surface area contributed by atoms with Crippen LogP contribution in [0.2, 0.25) is 0 Å². The van der Waals surface area contributed by atoms with Crippen LogP contribution in [-0.2, 0) is 16.1 Å². The average molecular weight is 575 g/mol. The van der Waals surface area contributed by atoms with Crippen LogP contribution in [-0.4, -0.2) is 28.8 Å². The Morgan fingerprint density at radius 1 is 1.10 bits per heavy atom. The molecule has 0 bridgehead atoms. The van der Waals surface area contributed by atoms with Crippen LogP contribution in [0.1, 0.15) is 29.7 Å². The molecule has 9 heteroatoms. The van der Waals surface area contributed by atoms with Crippen LogP contribution < -0.4 is 19.6 Å². The largest absolute Gasteiger partial charge is 0.497 e. The third kappa shape index (κ3) is 4.72. The molecular formula is C33H26N4O4S. The van der Waals surface area contributed by atoms with E-state index in [1.807, 2.05) is 95.7 Å². The molecule has 1 unspecified atom stereocenters. The molecule has 0 fully saturated rings. The highest BCUT2D eigenvalue weighted by Gasteiger charge is 2.35. The summed E-state index contributed by atoms with van der Waals surface area (Å²) in [4.78, 5) is 33.2. The number of esters is 1. The number of nitrogens with zero attached hydrogens (tertiary/aromatic N) is 4. The molecule has 6 rings (SSSR count). The summed E-state index contributed by atoms with van der Waals surface area (Å²) in [5.74, 6) is 0.0585. The second-order valence-electron chi connectivity index (χ2n) is 9.60. The maximum absolute atomic E-state index is 14.2. The first-order valence-corrected chi connectivity index (χ1v) is 14.2. The van der Waals surface area contributed by atoms with Gasteiger partial charge in [-0.2, -0.15) is 5.26 Å². The van der Waals surface area contributed by atoms with Crippen LogP contribution in [0.3, 0.4) is 0 Å². The van der Waals surface area contributed by atoms with Gasteiger partial charge in [0.1, 0.15) is 12.3 Å². The number of carbonyl (C=O) groups is 1. The molecule has 3 heterocycles. The molecule has 1 aliphatic heterocycles. The number of nitriles is 1. The lowest BCUT2D eigenvalue weighted by Crippen LogP contribution is -2.40. The molecule has 3 aromatic carbocycles. The van der Waals surface area contributed by atoms with E-state index in [4.69, 9.17) is 14.5 Å². The number of hydrogen-bond acceptors (Lipinski definition) is 7. The monoisotopic (exact) mass is 574 g/mol.